The molecule has 1 atom stereocenters. The van der Waals surface area contributed by atoms with Gasteiger partial charge in [0.1, 0.15) is 5.82 Å². The van der Waals surface area contributed by atoms with Crippen LogP contribution in [0.4, 0.5) is 5.82 Å². The number of nitrogen functional groups attached to an aromatic ring is 1. The summed E-state index contributed by atoms with van der Waals surface area (Å²) in [5.74, 6) is 0.355. The summed E-state index contributed by atoms with van der Waals surface area (Å²) in [6, 6.07) is 16.8. The number of amides is 1. The van der Waals surface area contributed by atoms with Crippen LogP contribution in [0.25, 0.3) is 0 Å². The van der Waals surface area contributed by atoms with Crippen LogP contribution in [0.1, 0.15) is 42.2 Å². The number of anilines is 1. The number of nitrogens with two attached hydrogens (primary N) is 1. The number of hydrogen-bond donors (Lipinski definition) is 4. The Morgan fingerprint density at radius 2 is 1.82 bits per heavy atom. The van der Waals surface area contributed by atoms with E-state index >= 15 is 0 Å². The number of halogens is 2. The van der Waals surface area contributed by atoms with Gasteiger partial charge in [-0.3, -0.25) is 4.79 Å². The summed E-state index contributed by atoms with van der Waals surface area (Å²) >= 11 is 12.0. The van der Waals surface area contributed by atoms with Gasteiger partial charge in [0.2, 0.25) is 5.91 Å². The molecule has 0 aliphatic rings. The van der Waals surface area contributed by atoms with Gasteiger partial charge < -0.3 is 21.5 Å². The summed E-state index contributed by atoms with van der Waals surface area (Å²) in [4.78, 5) is 16.5. The molecule has 1 heterocycles. The number of hydrogen-bond acceptors (Lipinski definition) is 5. The third kappa shape index (κ3) is 7.99. The number of β-amino-alcohol motifs (C(OH)–C–C–N with tert-alkyl or cyclic N) is 1. The van der Waals surface area contributed by atoms with Crippen LogP contribution in [0.15, 0.2) is 60.8 Å². The number of nitrogens with zero attached hydrogens (tertiary/aromatic N) is 1. The lowest BCUT2D eigenvalue weighted by molar-refractivity contribution is -0.120. The van der Waals surface area contributed by atoms with E-state index in [1.54, 1.807) is 30.5 Å². The molecule has 0 saturated heterocycles. The van der Waals surface area contributed by atoms with E-state index in [0.717, 1.165) is 23.1 Å². The second kappa shape index (κ2) is 11.7. The SMILES string of the molecule is CC(C)(Cc1cccc(CC(=O)NCc2ccc(Cl)c(Cl)c2)c1)NCC(O)c1ccc(N)nc1. The summed E-state index contributed by atoms with van der Waals surface area (Å²) < 4.78 is 0. The maximum atomic E-state index is 12.4. The Morgan fingerprint density at radius 3 is 2.53 bits per heavy atom. The van der Waals surface area contributed by atoms with E-state index in [9.17, 15) is 9.90 Å². The van der Waals surface area contributed by atoms with Gasteiger partial charge in [0, 0.05) is 30.4 Å². The number of nitrogens with one attached hydrogen (secondary N) is 2. The van der Waals surface area contributed by atoms with E-state index < -0.39 is 6.10 Å². The van der Waals surface area contributed by atoms with Gasteiger partial charge >= 0.3 is 0 Å². The van der Waals surface area contributed by atoms with Crippen LogP contribution in [-0.2, 0) is 24.2 Å². The van der Waals surface area contributed by atoms with Crippen molar-refractivity contribution in [3.63, 3.8) is 0 Å². The Hall–Kier alpha value is -2.64. The lowest BCUT2D eigenvalue weighted by Crippen LogP contribution is -2.43. The fourth-order valence-electron chi connectivity index (χ4n) is 3.63. The number of benzene rings is 2. The monoisotopic (exact) mass is 500 g/mol. The van der Waals surface area contributed by atoms with E-state index in [2.05, 4.69) is 29.5 Å². The number of aliphatic hydroxyl groups is 1. The fraction of sp³-hybridized carbons (Fsp3) is 0.308. The van der Waals surface area contributed by atoms with Crippen LogP contribution < -0.4 is 16.4 Å². The molecule has 0 fully saturated rings. The Bertz CT molecular complexity index is 1120. The predicted molar refractivity (Wildman–Crippen MR) is 138 cm³/mol. The van der Waals surface area contributed by atoms with Crippen LogP contribution >= 0.6 is 23.2 Å². The highest BCUT2D eigenvalue weighted by molar-refractivity contribution is 6.42. The van der Waals surface area contributed by atoms with Gasteiger partial charge in [-0.2, -0.15) is 0 Å². The number of aromatic nitrogens is 1. The van der Waals surface area contributed by atoms with Crippen molar-refractivity contribution in [1.29, 1.82) is 0 Å². The van der Waals surface area contributed by atoms with Crippen molar-refractivity contribution >= 4 is 34.9 Å². The minimum atomic E-state index is -0.682. The summed E-state index contributed by atoms with van der Waals surface area (Å²) in [6.45, 7) is 4.93. The highest BCUT2D eigenvalue weighted by Crippen LogP contribution is 2.22. The topological polar surface area (TPSA) is 100 Å². The van der Waals surface area contributed by atoms with Crippen molar-refractivity contribution in [1.82, 2.24) is 15.6 Å². The molecule has 0 bridgehead atoms. The molecule has 5 N–H and O–H groups in total. The van der Waals surface area contributed by atoms with Crippen molar-refractivity contribution in [2.24, 2.45) is 0 Å². The minimum absolute atomic E-state index is 0.0687. The van der Waals surface area contributed by atoms with Crippen molar-refractivity contribution in [2.75, 3.05) is 12.3 Å². The molecule has 0 spiro atoms. The average Bonchev–Trinajstić information content (AvgIpc) is 2.79. The molecule has 3 aromatic rings. The average molecular weight is 501 g/mol. The summed E-state index contributed by atoms with van der Waals surface area (Å²) in [5, 5.41) is 17.7. The molecule has 1 unspecified atom stereocenters. The zero-order chi connectivity index (χ0) is 24.7. The molecule has 8 heteroatoms. The van der Waals surface area contributed by atoms with E-state index in [4.69, 9.17) is 28.9 Å². The van der Waals surface area contributed by atoms with Gasteiger partial charge in [0.25, 0.3) is 0 Å². The quantitative estimate of drug-likeness (QED) is 0.329. The van der Waals surface area contributed by atoms with E-state index in [-0.39, 0.29) is 17.9 Å². The van der Waals surface area contributed by atoms with Crippen molar-refractivity contribution < 1.29 is 9.90 Å². The maximum Gasteiger partial charge on any atom is 0.224 e. The molecule has 0 saturated carbocycles. The molecule has 0 radical (unpaired) electrons. The second-order valence-electron chi connectivity index (χ2n) is 9.00. The predicted octanol–water partition coefficient (Wildman–Crippen LogP) is 4.47. The molecular weight excluding hydrogens is 471 g/mol. The summed E-state index contributed by atoms with van der Waals surface area (Å²) in [5.41, 5.74) is 8.99. The van der Waals surface area contributed by atoms with E-state index in [0.29, 0.717) is 34.5 Å². The lowest BCUT2D eigenvalue weighted by Gasteiger charge is -2.28. The summed E-state index contributed by atoms with van der Waals surface area (Å²) in [6.07, 6.45) is 1.92. The maximum absolute atomic E-state index is 12.4. The number of carbonyl (C=O) groups excluding carboxylic acids is 1. The van der Waals surface area contributed by atoms with Crippen LogP contribution in [0, 0.1) is 0 Å². The fourth-order valence-corrected chi connectivity index (χ4v) is 3.95. The zero-order valence-electron chi connectivity index (χ0n) is 19.3. The first-order valence-electron chi connectivity index (χ1n) is 11.0. The molecule has 34 heavy (non-hydrogen) atoms. The van der Waals surface area contributed by atoms with Crippen molar-refractivity contribution in [3.05, 3.63) is 93.1 Å². The molecule has 180 valence electrons. The van der Waals surface area contributed by atoms with Gasteiger partial charge in [-0.25, -0.2) is 4.98 Å². The molecule has 6 nitrogen and oxygen atoms in total. The standard InChI is InChI=1S/C26H30Cl2N4O2/c1-26(2,32-16-23(33)20-7-9-24(29)30-15-20)13-18-5-3-4-17(10-18)12-25(34)31-14-19-6-8-21(27)22(28)11-19/h3-11,15,23,32-33H,12-14,16H2,1-2H3,(H2,29,30)(H,31,34). The lowest BCUT2D eigenvalue weighted by atomic mass is 9.93. The van der Waals surface area contributed by atoms with E-state index in [1.807, 2.05) is 30.3 Å². The Balaban J connectivity index is 1.51. The van der Waals surface area contributed by atoms with Crippen LogP contribution in [-0.4, -0.2) is 28.1 Å². The highest BCUT2D eigenvalue weighted by Gasteiger charge is 2.20. The number of carbonyl (C=O) groups is 1. The normalized spacial score (nSPS) is 12.4. The first-order valence-corrected chi connectivity index (χ1v) is 11.8. The van der Waals surface area contributed by atoms with Crippen LogP contribution in [0.3, 0.4) is 0 Å². The molecule has 2 aromatic carbocycles. The number of rotatable bonds is 10. The third-order valence-corrected chi connectivity index (χ3v) is 6.18. The number of aliphatic hydroxyl groups excluding tert-OH is 1. The van der Waals surface area contributed by atoms with Gasteiger partial charge in [-0.15, -0.1) is 0 Å². The Labute approximate surface area is 210 Å². The molecule has 1 amide bonds. The van der Waals surface area contributed by atoms with Gasteiger partial charge in [-0.05, 0) is 55.2 Å². The van der Waals surface area contributed by atoms with E-state index in [1.165, 1.54) is 0 Å². The first-order chi connectivity index (χ1) is 16.1. The third-order valence-electron chi connectivity index (χ3n) is 5.44. The minimum Gasteiger partial charge on any atom is -0.387 e. The van der Waals surface area contributed by atoms with Gasteiger partial charge in [0.15, 0.2) is 0 Å². The molecule has 3 rings (SSSR count). The number of pyridine rings is 1. The van der Waals surface area contributed by atoms with Crippen LogP contribution in [0.5, 0.6) is 0 Å². The molecular formula is C26H30Cl2N4O2. The molecule has 0 aliphatic carbocycles. The van der Waals surface area contributed by atoms with Crippen molar-refractivity contribution in [2.45, 2.75) is 44.9 Å². The van der Waals surface area contributed by atoms with Gasteiger partial charge in [0.05, 0.1) is 22.6 Å². The largest absolute Gasteiger partial charge is 0.387 e. The van der Waals surface area contributed by atoms with Gasteiger partial charge in [-0.1, -0.05) is 59.6 Å². The zero-order valence-corrected chi connectivity index (χ0v) is 20.8. The summed E-state index contributed by atoms with van der Waals surface area (Å²) in [7, 11) is 0. The van der Waals surface area contributed by atoms with Crippen molar-refractivity contribution in [3.8, 4) is 0 Å². The molecule has 1 aromatic heterocycles. The Morgan fingerprint density at radius 1 is 1.06 bits per heavy atom. The molecule has 0 aliphatic heterocycles. The highest BCUT2D eigenvalue weighted by atomic mass is 35.5. The smallest absolute Gasteiger partial charge is 0.224 e. The second-order valence-corrected chi connectivity index (χ2v) is 9.81. The first kappa shape index (κ1) is 26.0. The van der Waals surface area contributed by atoms with Crippen LogP contribution in [0.2, 0.25) is 10.0 Å². The Kier molecular flexibility index (Phi) is 8.91.